The van der Waals surface area contributed by atoms with Gasteiger partial charge in [0.05, 0.1) is 16.0 Å². The van der Waals surface area contributed by atoms with Gasteiger partial charge >= 0.3 is 12.4 Å². The van der Waals surface area contributed by atoms with Crippen molar-refractivity contribution in [1.29, 1.82) is 0 Å². The predicted octanol–water partition coefficient (Wildman–Crippen LogP) is 4.28. The molecule has 0 aliphatic heterocycles. The van der Waals surface area contributed by atoms with Crippen LogP contribution in [0.5, 0.6) is 0 Å². The number of rotatable bonds is 5. The van der Waals surface area contributed by atoms with Crippen molar-refractivity contribution in [3.8, 4) is 0 Å². The van der Waals surface area contributed by atoms with Gasteiger partial charge in [-0.3, -0.25) is 4.72 Å². The Morgan fingerprint density at radius 1 is 0.964 bits per heavy atom. The first-order chi connectivity index (χ1) is 12.8. The lowest BCUT2D eigenvalue weighted by atomic mass is 9.82. The highest BCUT2D eigenvalue weighted by atomic mass is 32.2. The van der Waals surface area contributed by atoms with E-state index in [9.17, 15) is 34.8 Å². The minimum absolute atomic E-state index is 0.0674. The summed E-state index contributed by atoms with van der Waals surface area (Å²) in [7, 11) is -4.60. The van der Waals surface area contributed by atoms with Crippen molar-refractivity contribution in [3.63, 3.8) is 0 Å². The Balaban J connectivity index is 2.21. The molecule has 0 spiro atoms. The lowest BCUT2D eigenvalue weighted by Crippen LogP contribution is -2.22. The first-order valence-corrected chi connectivity index (χ1v) is 10.00. The molecule has 0 atom stereocenters. The van der Waals surface area contributed by atoms with Crippen LogP contribution in [0.3, 0.4) is 0 Å². The Morgan fingerprint density at radius 2 is 1.46 bits per heavy atom. The SMILES string of the molecule is NCC1CCC(/C=C/NS(=O)(=O)c2cc(C(F)(F)F)cc(C(F)(F)F)c2)CC1. The molecule has 158 valence electrons. The quantitative estimate of drug-likeness (QED) is 0.685. The van der Waals surface area contributed by atoms with Crippen LogP contribution in [0.2, 0.25) is 0 Å². The molecule has 0 aromatic heterocycles. The molecular weight excluding hydrogens is 410 g/mol. The van der Waals surface area contributed by atoms with Crippen molar-refractivity contribution in [2.75, 3.05) is 6.54 Å². The molecule has 1 aliphatic rings. The highest BCUT2D eigenvalue weighted by Gasteiger charge is 2.38. The molecule has 11 heteroatoms. The number of hydrogen-bond donors (Lipinski definition) is 2. The van der Waals surface area contributed by atoms with Crippen molar-refractivity contribution < 1.29 is 34.8 Å². The van der Waals surface area contributed by atoms with Crippen LogP contribution in [-0.4, -0.2) is 15.0 Å². The van der Waals surface area contributed by atoms with Crippen LogP contribution in [0.15, 0.2) is 35.4 Å². The van der Waals surface area contributed by atoms with E-state index in [1.54, 1.807) is 6.08 Å². The van der Waals surface area contributed by atoms with Gasteiger partial charge in [-0.25, -0.2) is 8.42 Å². The van der Waals surface area contributed by atoms with Crippen LogP contribution in [0.4, 0.5) is 26.3 Å². The molecular formula is C17H20F6N2O2S. The molecule has 28 heavy (non-hydrogen) atoms. The van der Waals surface area contributed by atoms with E-state index in [-0.39, 0.29) is 24.1 Å². The highest BCUT2D eigenvalue weighted by molar-refractivity contribution is 7.89. The largest absolute Gasteiger partial charge is 0.416 e. The maximum atomic E-state index is 12.9. The third-order valence-electron chi connectivity index (χ3n) is 4.69. The fourth-order valence-corrected chi connectivity index (χ4v) is 3.99. The van der Waals surface area contributed by atoms with Crippen LogP contribution < -0.4 is 10.5 Å². The van der Waals surface area contributed by atoms with Gasteiger partial charge in [-0.15, -0.1) is 0 Å². The molecule has 1 aromatic carbocycles. The number of nitrogens with one attached hydrogen (secondary N) is 1. The second kappa shape index (κ2) is 8.32. The van der Waals surface area contributed by atoms with Crippen LogP contribution in [-0.2, 0) is 22.4 Å². The Kier molecular flexibility index (Phi) is 6.70. The van der Waals surface area contributed by atoms with E-state index in [4.69, 9.17) is 5.73 Å². The van der Waals surface area contributed by atoms with Gasteiger partial charge < -0.3 is 5.73 Å². The lowest BCUT2D eigenvalue weighted by Gasteiger charge is -2.25. The second-order valence-electron chi connectivity index (χ2n) is 6.74. The normalized spacial score (nSPS) is 21.8. The zero-order valence-electron chi connectivity index (χ0n) is 14.6. The standard InChI is InChI=1S/C17H20F6N2O2S/c18-16(19,20)13-7-14(17(21,22)23)9-15(8-13)28(26,27)25-6-5-11-1-3-12(10-24)4-2-11/h5-9,11-12,25H,1-4,10,24H2/b6-5+. The maximum absolute atomic E-state index is 12.9. The molecule has 1 aliphatic carbocycles. The second-order valence-corrected chi connectivity index (χ2v) is 8.45. The molecule has 0 unspecified atom stereocenters. The summed E-state index contributed by atoms with van der Waals surface area (Å²) in [6, 6.07) is 0.237. The Labute approximate surface area is 158 Å². The first-order valence-electron chi connectivity index (χ1n) is 8.51. The minimum atomic E-state index is -5.12. The fraction of sp³-hybridized carbons (Fsp3) is 0.529. The van der Waals surface area contributed by atoms with E-state index >= 15 is 0 Å². The molecule has 0 heterocycles. The van der Waals surface area contributed by atoms with Crippen molar-refractivity contribution in [2.45, 2.75) is 42.9 Å². The molecule has 2 rings (SSSR count). The number of allylic oxidation sites excluding steroid dienone is 1. The van der Waals surface area contributed by atoms with E-state index in [0.29, 0.717) is 12.5 Å². The van der Waals surface area contributed by atoms with E-state index < -0.39 is 38.4 Å². The summed E-state index contributed by atoms with van der Waals surface area (Å²) in [5.41, 5.74) is 2.21. The summed E-state index contributed by atoms with van der Waals surface area (Å²) in [6.45, 7) is 0.570. The van der Waals surface area contributed by atoms with Gasteiger partial charge in [-0.1, -0.05) is 6.08 Å². The van der Waals surface area contributed by atoms with Gasteiger partial charge in [0, 0.05) is 6.20 Å². The lowest BCUT2D eigenvalue weighted by molar-refractivity contribution is -0.143. The van der Waals surface area contributed by atoms with E-state index in [2.05, 4.69) is 0 Å². The monoisotopic (exact) mass is 430 g/mol. The minimum Gasteiger partial charge on any atom is -0.330 e. The maximum Gasteiger partial charge on any atom is 0.416 e. The summed E-state index contributed by atoms with van der Waals surface area (Å²) in [4.78, 5) is -1.11. The number of sulfonamides is 1. The predicted molar refractivity (Wildman–Crippen MR) is 90.4 cm³/mol. The molecule has 0 radical (unpaired) electrons. The molecule has 1 aromatic rings. The van der Waals surface area contributed by atoms with Crippen LogP contribution >= 0.6 is 0 Å². The van der Waals surface area contributed by atoms with Crippen LogP contribution in [0, 0.1) is 11.8 Å². The van der Waals surface area contributed by atoms with Crippen molar-refractivity contribution in [3.05, 3.63) is 41.6 Å². The van der Waals surface area contributed by atoms with Crippen molar-refractivity contribution >= 4 is 10.0 Å². The molecule has 4 nitrogen and oxygen atoms in total. The summed E-state index contributed by atoms with van der Waals surface area (Å²) in [5.74, 6) is 0.477. The van der Waals surface area contributed by atoms with Gasteiger partial charge in [0.15, 0.2) is 0 Å². The number of alkyl halides is 6. The zero-order valence-corrected chi connectivity index (χ0v) is 15.5. The van der Waals surface area contributed by atoms with Gasteiger partial charge in [-0.05, 0) is 62.3 Å². The Bertz CT molecular complexity index is 778. The fourth-order valence-electron chi connectivity index (χ4n) is 3.03. The Morgan fingerprint density at radius 3 is 1.89 bits per heavy atom. The van der Waals surface area contributed by atoms with E-state index in [0.717, 1.165) is 31.9 Å². The summed E-state index contributed by atoms with van der Waals surface area (Å²) >= 11 is 0. The Hall–Kier alpha value is -1.75. The summed E-state index contributed by atoms with van der Waals surface area (Å²) in [6.07, 6.45) is -4.32. The molecule has 3 N–H and O–H groups in total. The topological polar surface area (TPSA) is 72.2 Å². The first kappa shape index (κ1) is 22.5. The molecule has 0 amide bonds. The molecule has 1 saturated carbocycles. The van der Waals surface area contributed by atoms with Gasteiger partial charge in [0.2, 0.25) is 0 Å². The molecule has 1 fully saturated rings. The molecule has 0 saturated heterocycles. The van der Waals surface area contributed by atoms with Gasteiger partial charge in [0.1, 0.15) is 0 Å². The third-order valence-corrected chi connectivity index (χ3v) is 5.99. The average molecular weight is 430 g/mol. The summed E-state index contributed by atoms with van der Waals surface area (Å²) in [5, 5.41) is 0. The molecule has 0 bridgehead atoms. The van der Waals surface area contributed by atoms with Gasteiger partial charge in [-0.2, -0.15) is 26.3 Å². The average Bonchev–Trinajstić information content (AvgIpc) is 2.60. The van der Waals surface area contributed by atoms with Gasteiger partial charge in [0.25, 0.3) is 10.0 Å². The van der Waals surface area contributed by atoms with E-state index in [1.165, 1.54) is 0 Å². The van der Waals surface area contributed by atoms with E-state index in [1.807, 2.05) is 4.72 Å². The van der Waals surface area contributed by atoms with Crippen molar-refractivity contribution in [1.82, 2.24) is 4.72 Å². The zero-order chi connectivity index (χ0) is 21.2. The number of hydrogen-bond acceptors (Lipinski definition) is 3. The van der Waals surface area contributed by atoms with Crippen LogP contribution in [0.25, 0.3) is 0 Å². The summed E-state index contributed by atoms with van der Waals surface area (Å²) < 4.78 is 104. The number of benzene rings is 1. The highest BCUT2D eigenvalue weighted by Crippen LogP contribution is 2.37. The van der Waals surface area contributed by atoms with Crippen LogP contribution in [0.1, 0.15) is 36.8 Å². The number of nitrogens with two attached hydrogens (primary N) is 1. The third kappa shape index (κ3) is 5.87. The van der Waals surface area contributed by atoms with Crippen molar-refractivity contribution in [2.24, 2.45) is 17.6 Å². The number of halogens is 6. The smallest absolute Gasteiger partial charge is 0.330 e.